The maximum Gasteiger partial charge on any atom is 0.289 e. The lowest BCUT2D eigenvalue weighted by Gasteiger charge is -2.20. The number of nitro benzene ring substituents is 1. The third-order valence-corrected chi connectivity index (χ3v) is 5.73. The van der Waals surface area contributed by atoms with Crippen molar-refractivity contribution < 1.29 is 13.3 Å². The Morgan fingerprint density at radius 3 is 2.68 bits per heavy atom. The van der Waals surface area contributed by atoms with Crippen LogP contribution in [0.1, 0.15) is 19.8 Å². The number of nitrogens with zero attached hydrogens (tertiary/aromatic N) is 2. The number of hydrogen-bond acceptors (Lipinski definition) is 4. The van der Waals surface area contributed by atoms with E-state index in [1.165, 1.54) is 22.5 Å². The van der Waals surface area contributed by atoms with Gasteiger partial charge in [0, 0.05) is 23.1 Å². The van der Waals surface area contributed by atoms with Gasteiger partial charge < -0.3 is 0 Å². The SMILES string of the molecule is CC1CCCN1S(=O)(=O)c1cc(Br)ccc1[N+](=O)[O-]. The molecule has 0 spiro atoms. The van der Waals surface area contributed by atoms with E-state index in [0.717, 1.165) is 12.8 Å². The molecule has 0 aromatic heterocycles. The fourth-order valence-corrected chi connectivity index (χ4v) is 4.63. The Labute approximate surface area is 119 Å². The number of rotatable bonds is 3. The molecule has 1 fully saturated rings. The molecule has 104 valence electrons. The molecule has 0 saturated carbocycles. The molecule has 6 nitrogen and oxygen atoms in total. The minimum absolute atomic E-state index is 0.122. The van der Waals surface area contributed by atoms with E-state index in [1.54, 1.807) is 0 Å². The fraction of sp³-hybridized carbons (Fsp3) is 0.455. The van der Waals surface area contributed by atoms with Crippen LogP contribution < -0.4 is 0 Å². The van der Waals surface area contributed by atoms with Crippen molar-refractivity contribution >= 4 is 31.6 Å². The van der Waals surface area contributed by atoms with Gasteiger partial charge in [-0.15, -0.1) is 0 Å². The molecule has 1 aromatic rings. The lowest BCUT2D eigenvalue weighted by atomic mass is 10.3. The van der Waals surface area contributed by atoms with Gasteiger partial charge in [-0.2, -0.15) is 4.31 Å². The molecule has 1 atom stereocenters. The summed E-state index contributed by atoms with van der Waals surface area (Å²) in [6.07, 6.45) is 1.56. The molecule has 0 bridgehead atoms. The summed E-state index contributed by atoms with van der Waals surface area (Å²) in [6, 6.07) is 3.84. The molecule has 0 amide bonds. The Bertz CT molecular complexity index is 617. The second-order valence-corrected chi connectivity index (χ2v) is 7.25. The summed E-state index contributed by atoms with van der Waals surface area (Å²) in [7, 11) is -3.82. The van der Waals surface area contributed by atoms with Crippen LogP contribution in [0.2, 0.25) is 0 Å². The van der Waals surface area contributed by atoms with Gasteiger partial charge in [-0.1, -0.05) is 15.9 Å². The van der Waals surface area contributed by atoms with Gasteiger partial charge >= 0.3 is 0 Å². The predicted molar refractivity (Wildman–Crippen MR) is 73.4 cm³/mol. The minimum Gasteiger partial charge on any atom is -0.258 e. The van der Waals surface area contributed by atoms with E-state index in [9.17, 15) is 18.5 Å². The monoisotopic (exact) mass is 348 g/mol. The van der Waals surface area contributed by atoms with E-state index in [4.69, 9.17) is 0 Å². The molecule has 0 aliphatic carbocycles. The summed E-state index contributed by atoms with van der Waals surface area (Å²) in [5.41, 5.74) is -0.387. The molecule has 0 N–H and O–H groups in total. The molecule has 1 aromatic carbocycles. The normalized spacial score (nSPS) is 20.6. The lowest BCUT2D eigenvalue weighted by molar-refractivity contribution is -0.387. The second kappa shape index (κ2) is 5.18. The van der Waals surface area contributed by atoms with Crippen molar-refractivity contribution in [1.82, 2.24) is 4.31 Å². The average molecular weight is 349 g/mol. The van der Waals surface area contributed by atoms with Gasteiger partial charge in [0.2, 0.25) is 10.0 Å². The molecule has 1 saturated heterocycles. The van der Waals surface area contributed by atoms with Gasteiger partial charge in [-0.05, 0) is 31.9 Å². The molecule has 2 rings (SSSR count). The van der Waals surface area contributed by atoms with Crippen molar-refractivity contribution in [3.63, 3.8) is 0 Å². The van der Waals surface area contributed by atoms with Crippen LogP contribution in [0.3, 0.4) is 0 Å². The van der Waals surface area contributed by atoms with Crippen LogP contribution in [0.5, 0.6) is 0 Å². The van der Waals surface area contributed by atoms with Gasteiger partial charge in [0.05, 0.1) is 4.92 Å². The fourth-order valence-electron chi connectivity index (χ4n) is 2.24. The maximum atomic E-state index is 12.5. The van der Waals surface area contributed by atoms with Crippen LogP contribution >= 0.6 is 15.9 Å². The second-order valence-electron chi connectivity index (χ2n) is 4.48. The van der Waals surface area contributed by atoms with E-state index in [-0.39, 0.29) is 16.6 Å². The first-order valence-corrected chi connectivity index (χ1v) is 8.03. The van der Waals surface area contributed by atoms with Gasteiger partial charge in [0.1, 0.15) is 0 Å². The predicted octanol–water partition coefficient (Wildman–Crippen LogP) is 2.53. The summed E-state index contributed by atoms with van der Waals surface area (Å²) >= 11 is 3.16. The molecule has 1 heterocycles. The highest BCUT2D eigenvalue weighted by Crippen LogP contribution is 2.33. The zero-order valence-corrected chi connectivity index (χ0v) is 12.6. The molecule has 1 unspecified atom stereocenters. The lowest BCUT2D eigenvalue weighted by Crippen LogP contribution is -2.34. The Kier molecular flexibility index (Phi) is 3.93. The van der Waals surface area contributed by atoms with E-state index >= 15 is 0 Å². The zero-order valence-electron chi connectivity index (χ0n) is 10.2. The standard InChI is InChI=1S/C11H13BrN2O4S/c1-8-3-2-6-13(8)19(17,18)11-7-9(12)4-5-10(11)14(15)16/h4-5,7-8H,2-3,6H2,1H3. The Morgan fingerprint density at radius 2 is 2.16 bits per heavy atom. The number of benzene rings is 1. The van der Waals surface area contributed by atoms with Crippen LogP contribution in [0.4, 0.5) is 5.69 Å². The highest BCUT2D eigenvalue weighted by molar-refractivity contribution is 9.10. The van der Waals surface area contributed by atoms with E-state index in [0.29, 0.717) is 11.0 Å². The third-order valence-electron chi connectivity index (χ3n) is 3.20. The number of halogens is 1. The summed E-state index contributed by atoms with van der Waals surface area (Å²) in [4.78, 5) is 10.1. The number of sulfonamides is 1. The molecule has 1 aliphatic rings. The summed E-state index contributed by atoms with van der Waals surface area (Å²) < 4.78 is 26.9. The summed E-state index contributed by atoms with van der Waals surface area (Å²) in [6.45, 7) is 2.22. The molecule has 19 heavy (non-hydrogen) atoms. The molecular weight excluding hydrogens is 336 g/mol. The van der Waals surface area contributed by atoms with Gasteiger partial charge in [0.15, 0.2) is 4.90 Å². The quantitative estimate of drug-likeness (QED) is 0.620. The highest BCUT2D eigenvalue weighted by atomic mass is 79.9. The van der Waals surface area contributed by atoms with Crippen molar-refractivity contribution in [3.05, 3.63) is 32.8 Å². The molecule has 8 heteroatoms. The molecular formula is C11H13BrN2O4S. The Hall–Kier alpha value is -0.990. The topological polar surface area (TPSA) is 80.5 Å². The Balaban J connectivity index is 2.57. The third kappa shape index (κ3) is 2.65. The van der Waals surface area contributed by atoms with Gasteiger partial charge in [0.25, 0.3) is 5.69 Å². The smallest absolute Gasteiger partial charge is 0.258 e. The summed E-state index contributed by atoms with van der Waals surface area (Å²) in [5, 5.41) is 11.0. The first-order valence-electron chi connectivity index (χ1n) is 5.80. The number of nitro groups is 1. The van der Waals surface area contributed by atoms with E-state index in [1.807, 2.05) is 6.92 Å². The number of hydrogen-bond donors (Lipinski definition) is 0. The molecule has 0 radical (unpaired) electrons. The first kappa shape index (κ1) is 14.4. The van der Waals surface area contributed by atoms with Crippen LogP contribution in [0.25, 0.3) is 0 Å². The summed E-state index contributed by atoms with van der Waals surface area (Å²) in [5.74, 6) is 0. The molecule has 1 aliphatic heterocycles. The van der Waals surface area contributed by atoms with Gasteiger partial charge in [-0.3, -0.25) is 10.1 Å². The van der Waals surface area contributed by atoms with Crippen LogP contribution in [-0.4, -0.2) is 30.2 Å². The van der Waals surface area contributed by atoms with E-state index < -0.39 is 14.9 Å². The van der Waals surface area contributed by atoms with Gasteiger partial charge in [-0.25, -0.2) is 8.42 Å². The van der Waals surface area contributed by atoms with Crippen LogP contribution in [-0.2, 0) is 10.0 Å². The maximum absolute atomic E-state index is 12.5. The van der Waals surface area contributed by atoms with Crippen molar-refractivity contribution in [2.75, 3.05) is 6.54 Å². The minimum atomic E-state index is -3.82. The first-order chi connectivity index (χ1) is 8.84. The van der Waals surface area contributed by atoms with Crippen LogP contribution in [0.15, 0.2) is 27.6 Å². The van der Waals surface area contributed by atoms with Crippen molar-refractivity contribution in [3.8, 4) is 0 Å². The van der Waals surface area contributed by atoms with E-state index in [2.05, 4.69) is 15.9 Å². The average Bonchev–Trinajstić information content (AvgIpc) is 2.75. The van der Waals surface area contributed by atoms with Crippen molar-refractivity contribution in [2.24, 2.45) is 0 Å². The van der Waals surface area contributed by atoms with Crippen molar-refractivity contribution in [1.29, 1.82) is 0 Å². The highest BCUT2D eigenvalue weighted by Gasteiger charge is 2.36. The van der Waals surface area contributed by atoms with Crippen LogP contribution in [0, 0.1) is 10.1 Å². The Morgan fingerprint density at radius 1 is 1.47 bits per heavy atom. The van der Waals surface area contributed by atoms with Crippen molar-refractivity contribution in [2.45, 2.75) is 30.7 Å². The largest absolute Gasteiger partial charge is 0.289 e. The zero-order chi connectivity index (χ0) is 14.2.